The summed E-state index contributed by atoms with van der Waals surface area (Å²) < 4.78 is 0. The van der Waals surface area contributed by atoms with Gasteiger partial charge < -0.3 is 0 Å². The summed E-state index contributed by atoms with van der Waals surface area (Å²) in [5.41, 5.74) is 17.0. The average molecular weight is 806 g/mol. The largest absolute Gasteiger partial charge is 0.280 e. The molecular formula is C60H43N3. The Kier molecular flexibility index (Phi) is 11.0. The van der Waals surface area contributed by atoms with Gasteiger partial charge in [0, 0.05) is 16.5 Å². The molecule has 10 rings (SSSR count). The summed E-state index contributed by atoms with van der Waals surface area (Å²) in [5, 5.41) is 3.57. The number of aromatic nitrogens is 1. The van der Waals surface area contributed by atoms with Crippen LogP contribution < -0.4 is 0 Å². The van der Waals surface area contributed by atoms with E-state index >= 15 is 0 Å². The number of benzene rings is 9. The molecule has 0 N–H and O–H groups in total. The molecule has 0 radical (unpaired) electrons. The topological polar surface area (TPSA) is 37.6 Å². The molecule has 0 atom stereocenters. The number of hydrogen-bond donors (Lipinski definition) is 0. The highest BCUT2D eigenvalue weighted by Gasteiger charge is 2.14. The van der Waals surface area contributed by atoms with Crippen LogP contribution in [0.4, 0.5) is 0 Å². The number of rotatable bonds is 11. The van der Waals surface area contributed by atoms with Crippen molar-refractivity contribution in [3.63, 3.8) is 0 Å². The number of pyridine rings is 1. The monoisotopic (exact) mass is 805 g/mol. The molecule has 0 aliphatic rings. The molecule has 0 amide bonds. The minimum Gasteiger partial charge on any atom is -0.280 e. The van der Waals surface area contributed by atoms with E-state index in [0.717, 1.165) is 72.5 Å². The van der Waals surface area contributed by atoms with Crippen LogP contribution in [0.3, 0.4) is 0 Å². The maximum Gasteiger partial charge on any atom is 0.0722 e. The standard InChI is InChI=1S/C60H43N3/c1-61-57(40-58(53-35-29-46(30-36-53)44-15-7-3-8-16-44)62-41-42-21-23-45(24-22-42)43-13-5-2-6-14-43)52-33-27-48(28-34-52)47-25-31-50(32-26-47)55-39-59(51-18-9-4-10-19-51)63-56-38-37-49-17-11-12-20-54(49)60(55)56/h2-40H,1,41H2/b57-40-,62-58+. The fraction of sp³-hybridized carbons (Fsp3) is 0.0167. The van der Waals surface area contributed by atoms with Gasteiger partial charge >= 0.3 is 0 Å². The predicted octanol–water partition coefficient (Wildman–Crippen LogP) is 15.5. The first kappa shape index (κ1) is 38.9. The molecule has 3 nitrogen and oxygen atoms in total. The minimum atomic E-state index is 0.528. The lowest BCUT2D eigenvalue weighted by Gasteiger charge is -2.14. The zero-order valence-corrected chi connectivity index (χ0v) is 34.8. The van der Waals surface area contributed by atoms with Gasteiger partial charge in [-0.3, -0.25) is 9.98 Å². The van der Waals surface area contributed by atoms with E-state index in [1.165, 1.54) is 33.0 Å². The van der Waals surface area contributed by atoms with Crippen molar-refractivity contribution in [2.75, 3.05) is 0 Å². The van der Waals surface area contributed by atoms with Crippen LogP contribution in [0.15, 0.2) is 247 Å². The van der Waals surface area contributed by atoms with Crippen LogP contribution in [0, 0.1) is 0 Å². The smallest absolute Gasteiger partial charge is 0.0722 e. The summed E-state index contributed by atoms with van der Waals surface area (Å²) >= 11 is 0. The Morgan fingerprint density at radius 1 is 0.444 bits per heavy atom. The maximum absolute atomic E-state index is 5.19. The molecule has 0 aliphatic heterocycles. The van der Waals surface area contributed by atoms with Crippen LogP contribution in [-0.4, -0.2) is 17.4 Å². The molecule has 10 aromatic rings. The first-order valence-electron chi connectivity index (χ1n) is 21.3. The van der Waals surface area contributed by atoms with E-state index in [2.05, 4.69) is 230 Å². The summed E-state index contributed by atoms with van der Waals surface area (Å²) in [4.78, 5) is 14.9. The number of fused-ring (bicyclic) bond motifs is 3. The Balaban J connectivity index is 0.954. The first-order valence-corrected chi connectivity index (χ1v) is 21.3. The zero-order valence-electron chi connectivity index (χ0n) is 34.8. The van der Waals surface area contributed by atoms with E-state index in [4.69, 9.17) is 9.98 Å². The SMILES string of the molecule is C=N/C(=C\C(=N/Cc1ccc(-c2ccccc2)cc1)c1ccc(-c2ccccc2)cc1)c1ccc(-c2ccc(-c3cc(-c4ccccc4)nc4ccc5ccccc5c34)cc2)cc1. The van der Waals surface area contributed by atoms with Crippen molar-refractivity contribution in [1.29, 1.82) is 0 Å². The lowest BCUT2D eigenvalue weighted by Crippen LogP contribution is -2.00. The van der Waals surface area contributed by atoms with Gasteiger partial charge in [0.25, 0.3) is 0 Å². The minimum absolute atomic E-state index is 0.528. The molecule has 63 heavy (non-hydrogen) atoms. The fourth-order valence-corrected chi connectivity index (χ4v) is 8.31. The van der Waals surface area contributed by atoms with Crippen LogP contribution in [0.2, 0.25) is 0 Å². The van der Waals surface area contributed by atoms with Crippen LogP contribution >= 0.6 is 0 Å². The highest BCUT2D eigenvalue weighted by Crippen LogP contribution is 2.37. The molecule has 0 saturated heterocycles. The predicted molar refractivity (Wildman–Crippen MR) is 267 cm³/mol. The highest BCUT2D eigenvalue weighted by atomic mass is 14.8. The second-order valence-corrected chi connectivity index (χ2v) is 15.7. The molecule has 0 aliphatic carbocycles. The van der Waals surface area contributed by atoms with Crippen molar-refractivity contribution in [2.24, 2.45) is 9.98 Å². The third kappa shape index (κ3) is 8.41. The molecule has 1 aromatic heterocycles. The Morgan fingerprint density at radius 2 is 0.921 bits per heavy atom. The molecule has 0 fully saturated rings. The van der Waals surface area contributed by atoms with Gasteiger partial charge in [0.1, 0.15) is 0 Å². The van der Waals surface area contributed by atoms with E-state index in [0.29, 0.717) is 6.54 Å². The Bertz CT molecular complexity index is 3240. The molecule has 9 aromatic carbocycles. The third-order valence-corrected chi connectivity index (χ3v) is 11.7. The average Bonchev–Trinajstić information content (AvgIpc) is 3.37. The fourth-order valence-electron chi connectivity index (χ4n) is 8.31. The molecule has 3 heteroatoms. The number of nitrogens with zero attached hydrogens (tertiary/aromatic N) is 3. The van der Waals surface area contributed by atoms with Gasteiger partial charge in [-0.15, -0.1) is 0 Å². The van der Waals surface area contributed by atoms with Gasteiger partial charge in [-0.2, -0.15) is 0 Å². The van der Waals surface area contributed by atoms with Crippen LogP contribution in [0.5, 0.6) is 0 Å². The van der Waals surface area contributed by atoms with Crippen molar-refractivity contribution in [3.05, 3.63) is 253 Å². The van der Waals surface area contributed by atoms with Gasteiger partial charge in [0.15, 0.2) is 0 Å². The number of hydrogen-bond acceptors (Lipinski definition) is 3. The number of aliphatic imine (C=N–C) groups is 2. The Morgan fingerprint density at radius 3 is 1.51 bits per heavy atom. The molecule has 0 unspecified atom stereocenters. The Hall–Kier alpha value is -8.27. The van der Waals surface area contributed by atoms with E-state index in [1.807, 2.05) is 18.2 Å². The van der Waals surface area contributed by atoms with Crippen molar-refractivity contribution < 1.29 is 0 Å². The van der Waals surface area contributed by atoms with Crippen molar-refractivity contribution >= 4 is 39.8 Å². The van der Waals surface area contributed by atoms with Crippen molar-refractivity contribution in [2.45, 2.75) is 6.54 Å². The summed E-state index contributed by atoms with van der Waals surface area (Å²) in [7, 11) is 0. The molecule has 0 saturated carbocycles. The van der Waals surface area contributed by atoms with E-state index < -0.39 is 0 Å². The van der Waals surface area contributed by atoms with E-state index in [-0.39, 0.29) is 0 Å². The highest BCUT2D eigenvalue weighted by molar-refractivity contribution is 6.14. The summed E-state index contributed by atoms with van der Waals surface area (Å²) in [6.45, 7) is 4.53. The summed E-state index contributed by atoms with van der Waals surface area (Å²) in [5.74, 6) is 0. The van der Waals surface area contributed by atoms with Crippen LogP contribution in [0.25, 0.3) is 83.1 Å². The molecule has 1 heterocycles. The summed E-state index contributed by atoms with van der Waals surface area (Å²) in [6, 6.07) is 81.1. The maximum atomic E-state index is 5.19. The molecule has 0 spiro atoms. The Labute approximate surface area is 368 Å². The normalized spacial score (nSPS) is 11.8. The third-order valence-electron chi connectivity index (χ3n) is 11.7. The van der Waals surface area contributed by atoms with E-state index in [1.54, 1.807) is 0 Å². The first-order chi connectivity index (χ1) is 31.2. The van der Waals surface area contributed by atoms with Gasteiger partial charge in [-0.25, -0.2) is 4.98 Å². The van der Waals surface area contributed by atoms with Crippen LogP contribution in [-0.2, 0) is 6.54 Å². The quantitative estimate of drug-likeness (QED) is 0.0948. The van der Waals surface area contributed by atoms with Crippen LogP contribution in [0.1, 0.15) is 16.7 Å². The van der Waals surface area contributed by atoms with Gasteiger partial charge in [0.05, 0.1) is 29.2 Å². The second-order valence-electron chi connectivity index (χ2n) is 15.7. The van der Waals surface area contributed by atoms with Gasteiger partial charge in [-0.1, -0.05) is 218 Å². The second kappa shape index (κ2) is 17.8. The molecule has 298 valence electrons. The lowest BCUT2D eigenvalue weighted by atomic mass is 9.93. The lowest BCUT2D eigenvalue weighted by molar-refractivity contribution is 1.07. The van der Waals surface area contributed by atoms with Gasteiger partial charge in [-0.05, 0) is 91.3 Å². The zero-order chi connectivity index (χ0) is 42.4. The van der Waals surface area contributed by atoms with Gasteiger partial charge in [0.2, 0.25) is 0 Å². The number of allylic oxidation sites excluding steroid dienone is 1. The van der Waals surface area contributed by atoms with E-state index in [9.17, 15) is 0 Å². The summed E-state index contributed by atoms with van der Waals surface area (Å²) in [6.07, 6.45) is 2.05. The molecular weight excluding hydrogens is 763 g/mol. The van der Waals surface area contributed by atoms with Crippen molar-refractivity contribution in [3.8, 4) is 55.8 Å². The van der Waals surface area contributed by atoms with Crippen molar-refractivity contribution in [1.82, 2.24) is 4.98 Å². The molecule has 0 bridgehead atoms.